The van der Waals surface area contributed by atoms with E-state index in [-0.39, 0.29) is 5.78 Å². The van der Waals surface area contributed by atoms with Crippen molar-refractivity contribution in [3.63, 3.8) is 0 Å². The number of aryl methyl sites for hydroxylation is 1. The van der Waals surface area contributed by atoms with E-state index in [2.05, 4.69) is 0 Å². The summed E-state index contributed by atoms with van der Waals surface area (Å²) in [5.41, 5.74) is 2.08. The van der Waals surface area contributed by atoms with Crippen LogP contribution in [0.4, 0.5) is 0 Å². The van der Waals surface area contributed by atoms with E-state index < -0.39 is 0 Å². The predicted octanol–water partition coefficient (Wildman–Crippen LogP) is 2.32. The maximum Gasteiger partial charge on any atom is 0.161 e. The van der Waals surface area contributed by atoms with Crippen LogP contribution in [-0.4, -0.2) is 5.78 Å². The highest BCUT2D eigenvalue weighted by Crippen LogP contribution is 2.12. The fourth-order valence-corrected chi connectivity index (χ4v) is 1.20. The molecule has 0 aliphatic rings. The van der Waals surface area contributed by atoms with Crippen LogP contribution in [-0.2, 0) is 6.42 Å². The van der Waals surface area contributed by atoms with Gasteiger partial charge in [0.2, 0.25) is 0 Å². The van der Waals surface area contributed by atoms with Crippen LogP contribution in [0.5, 0.6) is 0 Å². The monoisotopic (exact) mass is 173 g/mol. The number of carbonyl (C=O) groups is 1. The molecule has 0 bridgehead atoms. The maximum absolute atomic E-state index is 11.1. The van der Waals surface area contributed by atoms with Crippen LogP contribution < -0.4 is 0 Å². The summed E-state index contributed by atoms with van der Waals surface area (Å²) >= 11 is 0. The smallest absolute Gasteiger partial charge is 0.161 e. The molecule has 2 nitrogen and oxygen atoms in total. The molecule has 13 heavy (non-hydrogen) atoms. The van der Waals surface area contributed by atoms with E-state index in [0.29, 0.717) is 11.1 Å². The second-order valence-electron chi connectivity index (χ2n) is 2.90. The Labute approximate surface area is 77.8 Å². The van der Waals surface area contributed by atoms with Crippen LogP contribution in [0, 0.1) is 11.3 Å². The van der Waals surface area contributed by atoms with Crippen molar-refractivity contribution in [2.75, 3.05) is 0 Å². The van der Waals surface area contributed by atoms with Gasteiger partial charge >= 0.3 is 0 Å². The normalized spacial score (nSPS) is 9.31. The SMILES string of the molecule is CCc1ccc(C#N)c(C(C)=O)c1. The first-order chi connectivity index (χ1) is 6.19. The van der Waals surface area contributed by atoms with E-state index >= 15 is 0 Å². The lowest BCUT2D eigenvalue weighted by atomic mass is 10.0. The van der Waals surface area contributed by atoms with Crippen molar-refractivity contribution in [3.05, 3.63) is 34.9 Å². The zero-order valence-electron chi connectivity index (χ0n) is 7.79. The number of hydrogen-bond donors (Lipinski definition) is 0. The van der Waals surface area contributed by atoms with Crippen molar-refractivity contribution in [3.8, 4) is 6.07 Å². The third-order valence-corrected chi connectivity index (χ3v) is 1.99. The summed E-state index contributed by atoms with van der Waals surface area (Å²) in [5.74, 6) is -0.0492. The highest BCUT2D eigenvalue weighted by Gasteiger charge is 2.06. The van der Waals surface area contributed by atoms with Crippen LogP contribution in [0.25, 0.3) is 0 Å². The van der Waals surface area contributed by atoms with Crippen molar-refractivity contribution in [2.24, 2.45) is 0 Å². The molecule has 1 aromatic carbocycles. The molecule has 0 unspecified atom stereocenters. The Morgan fingerprint density at radius 3 is 2.69 bits per heavy atom. The quantitative estimate of drug-likeness (QED) is 0.644. The van der Waals surface area contributed by atoms with Gasteiger partial charge in [0.15, 0.2) is 5.78 Å². The molecule has 0 aliphatic heterocycles. The minimum absolute atomic E-state index is 0.0492. The van der Waals surface area contributed by atoms with E-state index in [0.717, 1.165) is 12.0 Å². The predicted molar refractivity (Wildman–Crippen MR) is 50.5 cm³/mol. The lowest BCUT2D eigenvalue weighted by Gasteiger charge is -2.01. The highest BCUT2D eigenvalue weighted by molar-refractivity contribution is 5.96. The number of nitriles is 1. The molecular weight excluding hydrogens is 162 g/mol. The van der Waals surface area contributed by atoms with Gasteiger partial charge in [-0.15, -0.1) is 0 Å². The second kappa shape index (κ2) is 3.86. The molecule has 0 saturated carbocycles. The molecule has 0 atom stereocenters. The lowest BCUT2D eigenvalue weighted by molar-refractivity contribution is 0.101. The number of ketones is 1. The zero-order valence-corrected chi connectivity index (χ0v) is 7.79. The Bertz CT molecular complexity index is 374. The first-order valence-corrected chi connectivity index (χ1v) is 4.23. The van der Waals surface area contributed by atoms with E-state index in [4.69, 9.17) is 5.26 Å². The summed E-state index contributed by atoms with van der Waals surface area (Å²) in [5, 5.41) is 8.73. The van der Waals surface area contributed by atoms with Crippen molar-refractivity contribution >= 4 is 5.78 Å². The number of benzene rings is 1. The van der Waals surface area contributed by atoms with E-state index in [1.165, 1.54) is 6.92 Å². The molecule has 0 heterocycles. The zero-order chi connectivity index (χ0) is 9.84. The van der Waals surface area contributed by atoms with Gasteiger partial charge in [-0.05, 0) is 31.0 Å². The van der Waals surface area contributed by atoms with Gasteiger partial charge in [-0.3, -0.25) is 4.79 Å². The van der Waals surface area contributed by atoms with Crippen LogP contribution in [0.15, 0.2) is 18.2 Å². The number of hydrogen-bond acceptors (Lipinski definition) is 2. The molecule has 0 saturated heterocycles. The van der Waals surface area contributed by atoms with Gasteiger partial charge in [-0.25, -0.2) is 0 Å². The summed E-state index contributed by atoms with van der Waals surface area (Å²) in [7, 11) is 0. The molecule has 0 N–H and O–H groups in total. The molecule has 66 valence electrons. The Morgan fingerprint density at radius 1 is 1.54 bits per heavy atom. The van der Waals surface area contributed by atoms with Gasteiger partial charge in [0.1, 0.15) is 0 Å². The fourth-order valence-electron chi connectivity index (χ4n) is 1.20. The molecule has 0 radical (unpaired) electrons. The molecule has 1 rings (SSSR count). The van der Waals surface area contributed by atoms with Crippen molar-refractivity contribution in [1.82, 2.24) is 0 Å². The molecule has 0 amide bonds. The third kappa shape index (κ3) is 1.94. The van der Waals surface area contributed by atoms with Gasteiger partial charge in [-0.2, -0.15) is 5.26 Å². The molecule has 0 fully saturated rings. The maximum atomic E-state index is 11.1. The fraction of sp³-hybridized carbons (Fsp3) is 0.273. The summed E-state index contributed by atoms with van der Waals surface area (Å²) in [6, 6.07) is 7.38. The van der Waals surface area contributed by atoms with Crippen LogP contribution in [0.3, 0.4) is 0 Å². The largest absolute Gasteiger partial charge is 0.294 e. The first kappa shape index (κ1) is 9.47. The van der Waals surface area contributed by atoms with Gasteiger partial charge < -0.3 is 0 Å². The van der Waals surface area contributed by atoms with E-state index in [9.17, 15) is 4.79 Å². The van der Waals surface area contributed by atoms with Gasteiger partial charge in [0.05, 0.1) is 11.6 Å². The molecule has 0 aromatic heterocycles. The van der Waals surface area contributed by atoms with Crippen molar-refractivity contribution in [2.45, 2.75) is 20.3 Å². The van der Waals surface area contributed by atoms with E-state index in [1.54, 1.807) is 12.1 Å². The molecule has 2 heteroatoms. The van der Waals surface area contributed by atoms with Gasteiger partial charge in [-0.1, -0.05) is 13.0 Å². The molecular formula is C11H11NO. The molecule has 0 spiro atoms. The van der Waals surface area contributed by atoms with Crippen molar-refractivity contribution in [1.29, 1.82) is 5.26 Å². The summed E-state index contributed by atoms with van der Waals surface area (Å²) in [6.45, 7) is 3.50. The number of carbonyl (C=O) groups excluding carboxylic acids is 1. The number of rotatable bonds is 2. The second-order valence-corrected chi connectivity index (χ2v) is 2.90. The Hall–Kier alpha value is -1.62. The van der Waals surface area contributed by atoms with Crippen LogP contribution >= 0.6 is 0 Å². The summed E-state index contributed by atoms with van der Waals surface area (Å²) in [4.78, 5) is 11.1. The standard InChI is InChI=1S/C11H11NO/c1-3-9-4-5-10(7-12)11(6-9)8(2)13/h4-6H,3H2,1-2H3. The van der Waals surface area contributed by atoms with Crippen molar-refractivity contribution < 1.29 is 4.79 Å². The average molecular weight is 173 g/mol. The summed E-state index contributed by atoms with van der Waals surface area (Å²) < 4.78 is 0. The minimum atomic E-state index is -0.0492. The average Bonchev–Trinajstić information content (AvgIpc) is 2.16. The van der Waals surface area contributed by atoms with Crippen LogP contribution in [0.1, 0.15) is 35.3 Å². The molecule has 0 aliphatic carbocycles. The van der Waals surface area contributed by atoms with Gasteiger partial charge in [0, 0.05) is 5.56 Å². The van der Waals surface area contributed by atoms with Crippen LogP contribution in [0.2, 0.25) is 0 Å². The Balaban J connectivity index is 3.28. The topological polar surface area (TPSA) is 40.9 Å². The minimum Gasteiger partial charge on any atom is -0.294 e. The van der Waals surface area contributed by atoms with Gasteiger partial charge in [0.25, 0.3) is 0 Å². The van der Waals surface area contributed by atoms with E-state index in [1.807, 2.05) is 19.1 Å². The Morgan fingerprint density at radius 2 is 2.23 bits per heavy atom. The summed E-state index contributed by atoms with van der Waals surface area (Å²) in [6.07, 6.45) is 0.881. The number of nitrogens with zero attached hydrogens (tertiary/aromatic N) is 1. The first-order valence-electron chi connectivity index (χ1n) is 4.23. The Kier molecular flexibility index (Phi) is 2.81. The lowest BCUT2D eigenvalue weighted by Crippen LogP contribution is -1.97. The third-order valence-electron chi connectivity index (χ3n) is 1.99. The number of Topliss-reactive ketones (excluding diaryl/α,β-unsaturated/α-hetero) is 1. The molecule has 1 aromatic rings. The highest BCUT2D eigenvalue weighted by atomic mass is 16.1.